The number of nitriles is 1. The normalized spacial score (nSPS) is 9.38. The average Bonchev–Trinajstić information content (AvgIpc) is 2.11. The van der Waals surface area contributed by atoms with Gasteiger partial charge in [0.25, 0.3) is 0 Å². The third-order valence-corrected chi connectivity index (χ3v) is 1.92. The van der Waals surface area contributed by atoms with Crippen molar-refractivity contribution in [2.45, 2.75) is 13.3 Å². The predicted molar refractivity (Wildman–Crippen MR) is 50.0 cm³/mol. The highest BCUT2D eigenvalue weighted by Crippen LogP contribution is 2.20. The van der Waals surface area contributed by atoms with Gasteiger partial charge in [-0.15, -0.1) is 0 Å². The summed E-state index contributed by atoms with van der Waals surface area (Å²) in [5.41, 5.74) is 2.11. The molecule has 0 saturated heterocycles. The second-order valence-electron chi connectivity index (χ2n) is 2.84. The van der Waals surface area contributed by atoms with Crippen LogP contribution in [-0.2, 0) is 6.42 Å². The fourth-order valence-corrected chi connectivity index (χ4v) is 1.19. The molecule has 1 N–H and O–H groups in total. The number of hydrogen-bond acceptors (Lipinski definition) is 2. The second kappa shape index (κ2) is 3.90. The Kier molecular flexibility index (Phi) is 2.86. The van der Waals surface area contributed by atoms with Crippen molar-refractivity contribution in [1.29, 1.82) is 5.26 Å². The van der Waals surface area contributed by atoms with E-state index in [0.717, 1.165) is 5.69 Å². The number of anilines is 1. The molecule has 3 heteroatoms. The third-order valence-electron chi connectivity index (χ3n) is 1.92. The Morgan fingerprint density at radius 2 is 2.23 bits per heavy atom. The Morgan fingerprint density at radius 3 is 2.77 bits per heavy atom. The predicted octanol–water partition coefficient (Wildman–Crippen LogP) is 2.24. The molecule has 2 nitrogen and oxygen atoms in total. The molecule has 0 radical (unpaired) electrons. The molecule has 0 aliphatic heterocycles. The summed E-state index contributed by atoms with van der Waals surface area (Å²) in [6, 6.07) is 5.12. The number of benzene rings is 1. The van der Waals surface area contributed by atoms with Crippen LogP contribution >= 0.6 is 0 Å². The molecule has 0 spiro atoms. The van der Waals surface area contributed by atoms with E-state index < -0.39 is 0 Å². The van der Waals surface area contributed by atoms with Crippen LogP contribution in [0.5, 0.6) is 0 Å². The van der Waals surface area contributed by atoms with Crippen molar-refractivity contribution in [1.82, 2.24) is 0 Å². The van der Waals surface area contributed by atoms with Gasteiger partial charge in [-0.05, 0) is 30.2 Å². The summed E-state index contributed by atoms with van der Waals surface area (Å²) in [6.45, 7) is 1.70. The van der Waals surface area contributed by atoms with E-state index in [1.165, 1.54) is 6.07 Å². The van der Waals surface area contributed by atoms with E-state index >= 15 is 0 Å². The molecule has 0 atom stereocenters. The van der Waals surface area contributed by atoms with E-state index in [1.807, 2.05) is 6.07 Å². The summed E-state index contributed by atoms with van der Waals surface area (Å²) in [6.07, 6.45) is 0.230. The maximum atomic E-state index is 13.1. The van der Waals surface area contributed by atoms with Crippen LogP contribution in [0.15, 0.2) is 12.1 Å². The van der Waals surface area contributed by atoms with Crippen LogP contribution < -0.4 is 5.32 Å². The number of nitrogens with zero attached hydrogens (tertiary/aromatic N) is 1. The summed E-state index contributed by atoms with van der Waals surface area (Å²) in [4.78, 5) is 0. The first-order valence-electron chi connectivity index (χ1n) is 4.02. The molecule has 0 saturated carbocycles. The van der Waals surface area contributed by atoms with Gasteiger partial charge in [0.15, 0.2) is 0 Å². The van der Waals surface area contributed by atoms with Crippen molar-refractivity contribution in [2.24, 2.45) is 0 Å². The van der Waals surface area contributed by atoms with Gasteiger partial charge in [-0.25, -0.2) is 4.39 Å². The van der Waals surface area contributed by atoms with E-state index in [1.54, 1.807) is 20.0 Å². The van der Waals surface area contributed by atoms with Crippen LogP contribution in [0.25, 0.3) is 0 Å². The van der Waals surface area contributed by atoms with Gasteiger partial charge in [0.05, 0.1) is 12.5 Å². The highest BCUT2D eigenvalue weighted by Gasteiger charge is 2.05. The third kappa shape index (κ3) is 1.97. The summed E-state index contributed by atoms with van der Waals surface area (Å²) in [7, 11) is 1.76. The number of nitrogens with one attached hydrogen (secondary N) is 1. The van der Waals surface area contributed by atoms with Crippen LogP contribution in [0, 0.1) is 24.1 Å². The molecule has 13 heavy (non-hydrogen) atoms. The molecule has 68 valence electrons. The molecule has 0 aromatic heterocycles. The number of aryl methyl sites for hydroxylation is 1. The topological polar surface area (TPSA) is 35.8 Å². The molecule has 1 aromatic carbocycles. The highest BCUT2D eigenvalue weighted by molar-refractivity contribution is 5.54. The van der Waals surface area contributed by atoms with Crippen molar-refractivity contribution in [3.05, 3.63) is 29.1 Å². The maximum absolute atomic E-state index is 13.1. The number of rotatable bonds is 2. The van der Waals surface area contributed by atoms with Crippen LogP contribution in [0.2, 0.25) is 0 Å². The van der Waals surface area contributed by atoms with Crippen molar-refractivity contribution in [3.63, 3.8) is 0 Å². The zero-order chi connectivity index (χ0) is 9.84. The van der Waals surface area contributed by atoms with Crippen LogP contribution in [-0.4, -0.2) is 7.05 Å². The first-order valence-corrected chi connectivity index (χ1v) is 4.02. The maximum Gasteiger partial charge on any atom is 0.126 e. The van der Waals surface area contributed by atoms with E-state index in [-0.39, 0.29) is 12.2 Å². The van der Waals surface area contributed by atoms with E-state index in [4.69, 9.17) is 5.26 Å². The van der Waals surface area contributed by atoms with Crippen molar-refractivity contribution >= 4 is 5.69 Å². The SMILES string of the molecule is CNc1cc(C)c(F)cc1CC#N. The zero-order valence-electron chi connectivity index (χ0n) is 7.69. The summed E-state index contributed by atoms with van der Waals surface area (Å²) >= 11 is 0. The molecule has 0 fully saturated rings. The number of hydrogen-bond donors (Lipinski definition) is 1. The molecule has 1 aromatic rings. The molecule has 0 amide bonds. The van der Waals surface area contributed by atoms with Crippen LogP contribution in [0.1, 0.15) is 11.1 Å². The van der Waals surface area contributed by atoms with E-state index in [0.29, 0.717) is 11.1 Å². The Morgan fingerprint density at radius 1 is 1.54 bits per heavy atom. The van der Waals surface area contributed by atoms with Crippen LogP contribution in [0.4, 0.5) is 10.1 Å². The van der Waals surface area contributed by atoms with Gasteiger partial charge in [0.2, 0.25) is 0 Å². The van der Waals surface area contributed by atoms with Gasteiger partial charge in [0.1, 0.15) is 5.82 Å². The lowest BCUT2D eigenvalue weighted by Gasteiger charge is -2.07. The van der Waals surface area contributed by atoms with Gasteiger partial charge in [-0.1, -0.05) is 0 Å². The summed E-state index contributed by atoms with van der Waals surface area (Å²) < 4.78 is 13.1. The number of halogens is 1. The Labute approximate surface area is 77.0 Å². The van der Waals surface area contributed by atoms with Crippen molar-refractivity contribution in [2.75, 3.05) is 12.4 Å². The second-order valence-corrected chi connectivity index (χ2v) is 2.84. The first kappa shape index (κ1) is 9.53. The minimum absolute atomic E-state index is 0.230. The van der Waals surface area contributed by atoms with Gasteiger partial charge in [-0.2, -0.15) is 5.26 Å². The van der Waals surface area contributed by atoms with E-state index in [2.05, 4.69) is 5.32 Å². The Bertz CT molecular complexity index is 353. The molecule has 0 aliphatic rings. The van der Waals surface area contributed by atoms with E-state index in [9.17, 15) is 4.39 Å². The monoisotopic (exact) mass is 178 g/mol. The standard InChI is InChI=1S/C10H11FN2/c1-7-5-10(13-2)8(3-4-12)6-9(7)11/h5-6,13H,3H2,1-2H3. The fraction of sp³-hybridized carbons (Fsp3) is 0.300. The molecule has 0 aliphatic carbocycles. The lowest BCUT2D eigenvalue weighted by Crippen LogP contribution is -1.97. The quantitative estimate of drug-likeness (QED) is 0.753. The molecular weight excluding hydrogens is 167 g/mol. The smallest absolute Gasteiger partial charge is 0.126 e. The summed E-state index contributed by atoms with van der Waals surface area (Å²) in [5, 5.41) is 11.4. The minimum Gasteiger partial charge on any atom is -0.388 e. The Balaban J connectivity index is 3.18. The molecule has 0 heterocycles. The molecule has 0 unspecified atom stereocenters. The fourth-order valence-electron chi connectivity index (χ4n) is 1.19. The van der Waals surface area contributed by atoms with Crippen molar-refractivity contribution in [3.8, 4) is 6.07 Å². The largest absolute Gasteiger partial charge is 0.388 e. The lowest BCUT2D eigenvalue weighted by atomic mass is 10.1. The van der Waals surface area contributed by atoms with Gasteiger partial charge < -0.3 is 5.32 Å². The minimum atomic E-state index is -0.260. The zero-order valence-corrected chi connectivity index (χ0v) is 7.69. The lowest BCUT2D eigenvalue weighted by molar-refractivity contribution is 0.617. The summed E-state index contributed by atoms with van der Waals surface area (Å²) in [5.74, 6) is -0.260. The molecule has 1 rings (SSSR count). The molecular formula is C10H11FN2. The Hall–Kier alpha value is -1.56. The average molecular weight is 178 g/mol. The van der Waals surface area contributed by atoms with Crippen LogP contribution in [0.3, 0.4) is 0 Å². The van der Waals surface area contributed by atoms with Gasteiger partial charge in [0, 0.05) is 12.7 Å². The van der Waals surface area contributed by atoms with Gasteiger partial charge >= 0.3 is 0 Å². The van der Waals surface area contributed by atoms with Gasteiger partial charge in [-0.3, -0.25) is 0 Å². The molecule has 0 bridgehead atoms. The first-order chi connectivity index (χ1) is 6.19. The highest BCUT2D eigenvalue weighted by atomic mass is 19.1. The van der Waals surface area contributed by atoms with Crippen molar-refractivity contribution < 1.29 is 4.39 Å².